The van der Waals surface area contributed by atoms with Crippen LogP contribution < -0.4 is 14.8 Å². The summed E-state index contributed by atoms with van der Waals surface area (Å²) in [6.07, 6.45) is 3.52. The van der Waals surface area contributed by atoms with Crippen LogP contribution in [0, 0.1) is 0 Å². The number of piperidine rings is 1. The van der Waals surface area contributed by atoms with E-state index in [-0.39, 0.29) is 12.5 Å². The number of thiocarbonyl (C=S) groups is 1. The zero-order valence-corrected chi connectivity index (χ0v) is 17.3. The SMILES string of the molecule is COc1cc(C(=S)N2CCCCC2)cc(Cl)c1OCC(=O)Nc1ccccc1. The van der Waals surface area contributed by atoms with Crippen molar-refractivity contribution in [3.05, 3.63) is 53.1 Å². The standard InChI is InChI=1S/C21H23ClN2O3S/c1-26-18-13-15(21(28)24-10-6-3-7-11-24)12-17(22)20(18)27-14-19(25)23-16-8-4-2-5-9-16/h2,4-5,8-9,12-13H,3,6-7,10-11,14H2,1H3,(H,23,25). The van der Waals surface area contributed by atoms with Gasteiger partial charge in [-0.1, -0.05) is 42.0 Å². The van der Waals surface area contributed by atoms with Gasteiger partial charge < -0.3 is 19.7 Å². The normalized spacial score (nSPS) is 13.7. The molecule has 148 valence electrons. The van der Waals surface area contributed by atoms with Crippen molar-refractivity contribution in [2.24, 2.45) is 0 Å². The van der Waals surface area contributed by atoms with Crippen LogP contribution in [-0.2, 0) is 4.79 Å². The van der Waals surface area contributed by atoms with E-state index in [1.165, 1.54) is 13.5 Å². The van der Waals surface area contributed by atoms with Gasteiger partial charge in [-0.2, -0.15) is 0 Å². The number of carbonyl (C=O) groups excluding carboxylic acids is 1. The number of hydrogen-bond donors (Lipinski definition) is 1. The Balaban J connectivity index is 1.69. The lowest BCUT2D eigenvalue weighted by atomic mass is 10.1. The summed E-state index contributed by atoms with van der Waals surface area (Å²) in [6.45, 7) is 1.73. The van der Waals surface area contributed by atoms with E-state index in [0.29, 0.717) is 22.2 Å². The van der Waals surface area contributed by atoms with Crippen molar-refractivity contribution in [3.63, 3.8) is 0 Å². The lowest BCUT2D eigenvalue weighted by Gasteiger charge is -2.29. The summed E-state index contributed by atoms with van der Waals surface area (Å²) in [4.78, 5) is 15.1. The van der Waals surface area contributed by atoms with Gasteiger partial charge in [0.2, 0.25) is 0 Å². The molecule has 0 spiro atoms. The lowest BCUT2D eigenvalue weighted by molar-refractivity contribution is -0.118. The molecule has 7 heteroatoms. The van der Waals surface area contributed by atoms with Crippen molar-refractivity contribution < 1.29 is 14.3 Å². The number of rotatable bonds is 6. The minimum absolute atomic E-state index is 0.180. The fourth-order valence-electron chi connectivity index (χ4n) is 3.12. The first-order valence-corrected chi connectivity index (χ1v) is 10.0. The Labute approximate surface area is 175 Å². The van der Waals surface area contributed by atoms with Crippen LogP contribution in [0.4, 0.5) is 5.69 Å². The molecule has 1 N–H and O–H groups in total. The van der Waals surface area contributed by atoms with E-state index in [0.717, 1.165) is 36.5 Å². The maximum absolute atomic E-state index is 12.1. The Morgan fingerprint density at radius 2 is 1.89 bits per heavy atom. The molecule has 0 radical (unpaired) electrons. The molecule has 1 amide bonds. The fourth-order valence-corrected chi connectivity index (χ4v) is 3.68. The Bertz CT molecular complexity index is 839. The minimum atomic E-state index is -0.280. The molecule has 1 saturated heterocycles. The molecule has 0 unspecified atom stereocenters. The van der Waals surface area contributed by atoms with Crippen molar-refractivity contribution in [3.8, 4) is 11.5 Å². The van der Waals surface area contributed by atoms with Crippen molar-refractivity contribution in [2.45, 2.75) is 19.3 Å². The maximum atomic E-state index is 12.1. The average molecular weight is 419 g/mol. The molecular weight excluding hydrogens is 396 g/mol. The molecular formula is C21H23ClN2O3S. The van der Waals surface area contributed by atoms with E-state index in [1.807, 2.05) is 36.4 Å². The monoisotopic (exact) mass is 418 g/mol. The highest BCUT2D eigenvalue weighted by Gasteiger charge is 2.19. The first-order chi connectivity index (χ1) is 13.6. The number of hydrogen-bond acceptors (Lipinski definition) is 4. The van der Waals surface area contributed by atoms with Crippen LogP contribution in [0.2, 0.25) is 5.02 Å². The van der Waals surface area contributed by atoms with Gasteiger partial charge in [-0.25, -0.2) is 0 Å². The molecule has 28 heavy (non-hydrogen) atoms. The Morgan fingerprint density at radius 3 is 2.57 bits per heavy atom. The average Bonchev–Trinajstić information content (AvgIpc) is 2.73. The van der Waals surface area contributed by atoms with Crippen LogP contribution in [0.5, 0.6) is 11.5 Å². The van der Waals surface area contributed by atoms with Gasteiger partial charge in [0.25, 0.3) is 5.91 Å². The highest BCUT2D eigenvalue weighted by atomic mass is 35.5. The predicted molar refractivity (Wildman–Crippen MR) is 116 cm³/mol. The molecule has 0 aliphatic carbocycles. The topological polar surface area (TPSA) is 50.8 Å². The number of para-hydroxylation sites is 1. The molecule has 2 aromatic rings. The van der Waals surface area contributed by atoms with Gasteiger partial charge in [-0.05, 0) is 43.5 Å². The highest BCUT2D eigenvalue weighted by molar-refractivity contribution is 7.80. The Morgan fingerprint density at radius 1 is 1.18 bits per heavy atom. The summed E-state index contributed by atoms with van der Waals surface area (Å²) in [5, 5.41) is 3.13. The number of likely N-dealkylation sites (tertiary alicyclic amines) is 1. The summed E-state index contributed by atoms with van der Waals surface area (Å²) in [5.74, 6) is 0.504. The highest BCUT2D eigenvalue weighted by Crippen LogP contribution is 2.37. The summed E-state index contributed by atoms with van der Waals surface area (Å²) < 4.78 is 11.1. The Kier molecular flexibility index (Phi) is 7.12. The second-order valence-corrected chi connectivity index (χ2v) is 7.34. The maximum Gasteiger partial charge on any atom is 0.262 e. The van der Waals surface area contributed by atoms with Crippen molar-refractivity contribution >= 4 is 40.4 Å². The fraction of sp³-hybridized carbons (Fsp3) is 0.333. The van der Waals surface area contributed by atoms with Crippen molar-refractivity contribution in [1.82, 2.24) is 4.90 Å². The summed E-state index contributed by atoms with van der Waals surface area (Å²) >= 11 is 12.1. The summed E-state index contributed by atoms with van der Waals surface area (Å²) in [7, 11) is 1.54. The number of nitrogens with one attached hydrogen (secondary N) is 1. The first kappa shape index (κ1) is 20.4. The van der Waals surface area contributed by atoms with Gasteiger partial charge in [-0.3, -0.25) is 4.79 Å². The smallest absolute Gasteiger partial charge is 0.262 e. The van der Waals surface area contributed by atoms with Gasteiger partial charge in [0, 0.05) is 24.3 Å². The molecule has 0 bridgehead atoms. The van der Waals surface area contributed by atoms with Gasteiger partial charge in [0.1, 0.15) is 4.99 Å². The number of amides is 1. The molecule has 3 rings (SSSR count). The van der Waals surface area contributed by atoms with E-state index in [4.69, 9.17) is 33.3 Å². The molecule has 0 aromatic heterocycles. The molecule has 5 nitrogen and oxygen atoms in total. The number of halogens is 1. The second kappa shape index (κ2) is 9.75. The van der Waals surface area contributed by atoms with Gasteiger partial charge >= 0.3 is 0 Å². The van der Waals surface area contributed by atoms with Crippen LogP contribution in [0.15, 0.2) is 42.5 Å². The number of methoxy groups -OCH3 is 1. The van der Waals surface area contributed by atoms with Crippen LogP contribution in [0.25, 0.3) is 0 Å². The quantitative estimate of drug-likeness (QED) is 0.698. The Hall–Kier alpha value is -2.31. The van der Waals surface area contributed by atoms with Crippen LogP contribution >= 0.6 is 23.8 Å². The van der Waals surface area contributed by atoms with Crippen molar-refractivity contribution in [1.29, 1.82) is 0 Å². The number of carbonyl (C=O) groups is 1. The van der Waals surface area contributed by atoms with E-state index in [9.17, 15) is 4.79 Å². The largest absolute Gasteiger partial charge is 0.493 e. The van der Waals surface area contributed by atoms with Crippen LogP contribution in [-0.4, -0.2) is 42.6 Å². The minimum Gasteiger partial charge on any atom is -0.493 e. The lowest BCUT2D eigenvalue weighted by Crippen LogP contribution is -2.34. The number of ether oxygens (including phenoxy) is 2. The molecule has 1 aliphatic heterocycles. The van der Waals surface area contributed by atoms with E-state index in [1.54, 1.807) is 6.07 Å². The third-order valence-electron chi connectivity index (χ3n) is 4.52. The molecule has 1 aliphatic rings. The summed E-state index contributed by atoms with van der Waals surface area (Å²) in [6, 6.07) is 12.8. The predicted octanol–water partition coefficient (Wildman–Crippen LogP) is 4.53. The number of anilines is 1. The van der Waals surface area contributed by atoms with E-state index in [2.05, 4.69) is 10.2 Å². The number of nitrogens with zero attached hydrogens (tertiary/aromatic N) is 1. The van der Waals surface area contributed by atoms with Gasteiger partial charge in [0.05, 0.1) is 12.1 Å². The molecule has 0 atom stereocenters. The van der Waals surface area contributed by atoms with Crippen molar-refractivity contribution in [2.75, 3.05) is 32.1 Å². The molecule has 0 saturated carbocycles. The van der Waals surface area contributed by atoms with E-state index >= 15 is 0 Å². The molecule has 1 heterocycles. The summed E-state index contributed by atoms with van der Waals surface area (Å²) in [5.41, 5.74) is 1.52. The van der Waals surface area contributed by atoms with Crippen LogP contribution in [0.3, 0.4) is 0 Å². The zero-order valence-electron chi connectivity index (χ0n) is 15.7. The van der Waals surface area contributed by atoms with Gasteiger partial charge in [0.15, 0.2) is 18.1 Å². The second-order valence-electron chi connectivity index (χ2n) is 6.55. The number of benzene rings is 2. The third-order valence-corrected chi connectivity index (χ3v) is 5.30. The van der Waals surface area contributed by atoms with Crippen LogP contribution in [0.1, 0.15) is 24.8 Å². The third kappa shape index (κ3) is 5.14. The van der Waals surface area contributed by atoms with Gasteiger partial charge in [-0.15, -0.1) is 0 Å². The molecule has 2 aromatic carbocycles. The zero-order chi connectivity index (χ0) is 19.9. The molecule has 1 fully saturated rings. The first-order valence-electron chi connectivity index (χ1n) is 9.23. The van der Waals surface area contributed by atoms with E-state index < -0.39 is 0 Å².